The first kappa shape index (κ1) is 14.8. The lowest BCUT2D eigenvalue weighted by Gasteiger charge is -2.31. The zero-order chi connectivity index (χ0) is 14.5. The zero-order valence-corrected chi connectivity index (χ0v) is 12.3. The van der Waals surface area contributed by atoms with Gasteiger partial charge in [0.2, 0.25) is 0 Å². The topological polar surface area (TPSA) is 35.5 Å². The van der Waals surface area contributed by atoms with Crippen LogP contribution in [0.3, 0.4) is 0 Å². The molecule has 0 bridgehead atoms. The van der Waals surface area contributed by atoms with Crippen LogP contribution < -0.4 is 0 Å². The summed E-state index contributed by atoms with van der Waals surface area (Å²) in [4.78, 5) is 11.9. The number of Topliss-reactive ketones (excluding diaryl/α,β-unsaturated/α-hetero) is 1. The summed E-state index contributed by atoms with van der Waals surface area (Å²) in [5.74, 6) is 0.258. The largest absolute Gasteiger partial charge is 0.497 e. The summed E-state index contributed by atoms with van der Waals surface area (Å²) in [6, 6.07) is 10.1. The van der Waals surface area contributed by atoms with Gasteiger partial charge >= 0.3 is 0 Å². The van der Waals surface area contributed by atoms with Crippen molar-refractivity contribution in [2.75, 3.05) is 6.61 Å². The number of rotatable bonds is 5. The lowest BCUT2D eigenvalue weighted by molar-refractivity contribution is -0.127. The predicted molar refractivity (Wildman–Crippen MR) is 78.1 cm³/mol. The van der Waals surface area contributed by atoms with E-state index in [1.165, 1.54) is 0 Å². The Hall–Kier alpha value is -1.61. The molecular weight excluding hydrogens is 252 g/mol. The van der Waals surface area contributed by atoms with Crippen LogP contribution in [0.1, 0.15) is 26.3 Å². The molecule has 0 radical (unpaired) electrons. The Morgan fingerprint density at radius 2 is 2.00 bits per heavy atom. The second kappa shape index (κ2) is 6.71. The third-order valence-corrected chi connectivity index (χ3v) is 3.75. The molecule has 1 heterocycles. The van der Waals surface area contributed by atoms with Gasteiger partial charge in [-0.1, -0.05) is 44.2 Å². The number of allylic oxidation sites excluding steroid dienone is 1. The van der Waals surface area contributed by atoms with Crippen molar-refractivity contribution >= 4 is 5.78 Å². The maximum absolute atomic E-state index is 11.9. The molecule has 0 amide bonds. The lowest BCUT2D eigenvalue weighted by atomic mass is 9.86. The quantitative estimate of drug-likeness (QED) is 0.826. The minimum Gasteiger partial charge on any atom is -0.497 e. The molecule has 0 aliphatic carbocycles. The molecule has 1 aliphatic heterocycles. The molecule has 2 rings (SSSR count). The van der Waals surface area contributed by atoms with Crippen LogP contribution >= 0.6 is 0 Å². The third-order valence-electron chi connectivity index (χ3n) is 3.75. The Kier molecular flexibility index (Phi) is 4.96. The fraction of sp³-hybridized carbons (Fsp3) is 0.471. The van der Waals surface area contributed by atoms with Gasteiger partial charge in [-0.05, 0) is 12.5 Å². The van der Waals surface area contributed by atoms with Crippen LogP contribution in [-0.2, 0) is 20.9 Å². The van der Waals surface area contributed by atoms with Gasteiger partial charge in [0.15, 0.2) is 5.78 Å². The van der Waals surface area contributed by atoms with E-state index in [1.807, 2.05) is 37.3 Å². The van der Waals surface area contributed by atoms with Gasteiger partial charge in [-0.25, -0.2) is 0 Å². The van der Waals surface area contributed by atoms with Gasteiger partial charge in [-0.2, -0.15) is 0 Å². The molecular formula is C17H22O3. The Morgan fingerprint density at radius 3 is 2.70 bits per heavy atom. The molecule has 1 aromatic carbocycles. The monoisotopic (exact) mass is 274 g/mol. The molecule has 0 saturated heterocycles. The Bertz CT molecular complexity index is 478. The normalized spacial score (nSPS) is 23.9. The van der Waals surface area contributed by atoms with Crippen molar-refractivity contribution in [3.63, 3.8) is 0 Å². The molecule has 3 atom stereocenters. The van der Waals surface area contributed by atoms with Crippen molar-refractivity contribution in [2.24, 2.45) is 11.8 Å². The van der Waals surface area contributed by atoms with Gasteiger partial charge in [0.05, 0.1) is 25.4 Å². The summed E-state index contributed by atoms with van der Waals surface area (Å²) < 4.78 is 11.4. The van der Waals surface area contributed by atoms with E-state index in [2.05, 4.69) is 6.92 Å². The average molecular weight is 274 g/mol. The van der Waals surface area contributed by atoms with Crippen molar-refractivity contribution in [2.45, 2.75) is 33.5 Å². The minimum absolute atomic E-state index is 0.0954. The van der Waals surface area contributed by atoms with Crippen molar-refractivity contribution < 1.29 is 14.3 Å². The third kappa shape index (κ3) is 3.48. The lowest BCUT2D eigenvalue weighted by Crippen LogP contribution is -2.38. The van der Waals surface area contributed by atoms with Gasteiger partial charge in [0.1, 0.15) is 6.10 Å². The van der Waals surface area contributed by atoms with Crippen molar-refractivity contribution in [3.05, 3.63) is 47.7 Å². The maximum Gasteiger partial charge on any atom is 0.168 e. The predicted octanol–water partition coefficient (Wildman–Crippen LogP) is 3.35. The Balaban J connectivity index is 1.83. The summed E-state index contributed by atoms with van der Waals surface area (Å²) in [6.45, 7) is 6.97. The molecule has 1 unspecified atom stereocenters. The van der Waals surface area contributed by atoms with E-state index in [0.717, 1.165) is 5.56 Å². The fourth-order valence-electron chi connectivity index (χ4n) is 2.52. The van der Waals surface area contributed by atoms with E-state index < -0.39 is 0 Å². The highest BCUT2D eigenvalue weighted by Gasteiger charge is 2.33. The smallest absolute Gasteiger partial charge is 0.168 e. The highest BCUT2D eigenvalue weighted by Crippen LogP contribution is 2.26. The van der Waals surface area contributed by atoms with Crippen LogP contribution in [0.4, 0.5) is 0 Å². The molecule has 0 aromatic heterocycles. The van der Waals surface area contributed by atoms with Gasteiger partial charge in [-0.3, -0.25) is 4.79 Å². The first-order valence-electron chi connectivity index (χ1n) is 7.07. The van der Waals surface area contributed by atoms with Crippen molar-refractivity contribution in [1.29, 1.82) is 0 Å². The van der Waals surface area contributed by atoms with E-state index in [4.69, 9.17) is 9.47 Å². The highest BCUT2D eigenvalue weighted by molar-refractivity contribution is 5.97. The molecule has 1 aliphatic rings. The maximum atomic E-state index is 11.9. The number of ether oxygens (including phenoxy) is 2. The number of benzene rings is 1. The van der Waals surface area contributed by atoms with Gasteiger partial charge in [0, 0.05) is 11.5 Å². The van der Waals surface area contributed by atoms with E-state index in [9.17, 15) is 4.79 Å². The minimum atomic E-state index is -0.102. The fourth-order valence-corrected chi connectivity index (χ4v) is 2.52. The van der Waals surface area contributed by atoms with Gasteiger partial charge < -0.3 is 9.47 Å². The number of carbonyl (C=O) groups excluding carboxylic acids is 1. The molecule has 3 heteroatoms. The van der Waals surface area contributed by atoms with E-state index in [0.29, 0.717) is 18.8 Å². The van der Waals surface area contributed by atoms with Crippen LogP contribution in [0, 0.1) is 11.8 Å². The summed E-state index contributed by atoms with van der Waals surface area (Å²) in [5, 5.41) is 0. The molecule has 3 nitrogen and oxygen atoms in total. The first-order chi connectivity index (χ1) is 9.59. The zero-order valence-electron chi connectivity index (χ0n) is 12.3. The van der Waals surface area contributed by atoms with Crippen LogP contribution in [-0.4, -0.2) is 18.5 Å². The summed E-state index contributed by atoms with van der Waals surface area (Å²) in [7, 11) is 0. The molecule has 1 aromatic rings. The molecule has 0 fully saturated rings. The summed E-state index contributed by atoms with van der Waals surface area (Å²) in [5.41, 5.74) is 1.86. The van der Waals surface area contributed by atoms with E-state index in [-0.39, 0.29) is 23.7 Å². The van der Waals surface area contributed by atoms with Gasteiger partial charge in [-0.15, -0.1) is 0 Å². The second-order valence-electron chi connectivity index (χ2n) is 5.53. The SMILES string of the molecule is CC1=COC([C@@H](C)COCc2ccccc2)[C@@H](C)C1=O. The number of carbonyl (C=O) groups is 1. The first-order valence-corrected chi connectivity index (χ1v) is 7.07. The number of hydrogen-bond donors (Lipinski definition) is 0. The molecule has 0 spiro atoms. The average Bonchev–Trinajstić information content (AvgIpc) is 2.46. The second-order valence-corrected chi connectivity index (χ2v) is 5.53. The summed E-state index contributed by atoms with van der Waals surface area (Å²) in [6.07, 6.45) is 1.49. The molecule has 108 valence electrons. The van der Waals surface area contributed by atoms with Gasteiger partial charge in [0.25, 0.3) is 0 Å². The number of hydrogen-bond acceptors (Lipinski definition) is 3. The highest BCUT2D eigenvalue weighted by atomic mass is 16.5. The van der Waals surface area contributed by atoms with Crippen molar-refractivity contribution in [1.82, 2.24) is 0 Å². The van der Waals surface area contributed by atoms with Crippen LogP contribution in [0.5, 0.6) is 0 Å². The number of ketones is 1. The molecule has 20 heavy (non-hydrogen) atoms. The van der Waals surface area contributed by atoms with E-state index >= 15 is 0 Å². The van der Waals surface area contributed by atoms with E-state index in [1.54, 1.807) is 13.2 Å². The van der Waals surface area contributed by atoms with Crippen molar-refractivity contribution in [3.8, 4) is 0 Å². The Labute approximate surface area is 120 Å². The standard InChI is InChI=1S/C17H22O3/c1-12-10-20-17(14(3)16(12)18)13(2)9-19-11-15-7-5-4-6-8-15/h4-8,10,13-14,17H,9,11H2,1-3H3/t13-,14-,17?/m0/s1. The molecule has 0 saturated carbocycles. The summed E-state index contributed by atoms with van der Waals surface area (Å²) >= 11 is 0. The van der Waals surface area contributed by atoms with Crippen LogP contribution in [0.2, 0.25) is 0 Å². The van der Waals surface area contributed by atoms with Crippen LogP contribution in [0.15, 0.2) is 42.2 Å². The molecule has 0 N–H and O–H groups in total. The van der Waals surface area contributed by atoms with Crippen LogP contribution in [0.25, 0.3) is 0 Å². The Morgan fingerprint density at radius 1 is 1.30 bits per heavy atom.